The van der Waals surface area contributed by atoms with Crippen molar-refractivity contribution < 1.29 is 14.6 Å². The molecule has 18 heavy (non-hydrogen) atoms. The second-order valence-corrected chi connectivity index (χ2v) is 4.61. The Hall–Kier alpha value is -1.39. The Morgan fingerprint density at radius 3 is 2.56 bits per heavy atom. The fourth-order valence-corrected chi connectivity index (χ4v) is 2.08. The molecule has 1 N–H and O–H groups in total. The number of carbonyl (C=O) groups is 1. The smallest absolute Gasteiger partial charge is 0.150 e. The first-order valence-electron chi connectivity index (χ1n) is 6.36. The predicted molar refractivity (Wildman–Crippen MR) is 69.0 cm³/mol. The molecule has 0 amide bonds. The van der Waals surface area contributed by atoms with Crippen LogP contribution in [0.5, 0.6) is 5.75 Å². The first kappa shape index (κ1) is 13.1. The minimum Gasteiger partial charge on any atom is -0.492 e. The van der Waals surface area contributed by atoms with E-state index in [9.17, 15) is 9.90 Å². The van der Waals surface area contributed by atoms with Gasteiger partial charge in [-0.1, -0.05) is 0 Å². The van der Waals surface area contributed by atoms with Crippen LogP contribution >= 0.6 is 0 Å². The number of rotatable bonds is 5. The van der Waals surface area contributed by atoms with E-state index >= 15 is 0 Å². The Balaban J connectivity index is 1.69. The summed E-state index contributed by atoms with van der Waals surface area (Å²) in [5, 5.41) is 9.39. The Bertz CT molecular complexity index is 369. The summed E-state index contributed by atoms with van der Waals surface area (Å²) in [4.78, 5) is 12.8. The van der Waals surface area contributed by atoms with Gasteiger partial charge in [-0.2, -0.15) is 0 Å². The third kappa shape index (κ3) is 3.82. The quantitative estimate of drug-likeness (QED) is 0.800. The number of hydrogen-bond donors (Lipinski definition) is 1. The fraction of sp³-hybridized carbons (Fsp3) is 0.500. The van der Waals surface area contributed by atoms with Crippen LogP contribution in [0.15, 0.2) is 24.3 Å². The molecule has 1 saturated heterocycles. The number of nitrogens with zero attached hydrogens (tertiary/aromatic N) is 1. The summed E-state index contributed by atoms with van der Waals surface area (Å²) in [7, 11) is 0. The molecular formula is C14H19NO3. The van der Waals surface area contributed by atoms with E-state index < -0.39 is 0 Å². The van der Waals surface area contributed by atoms with Crippen LogP contribution in [0.25, 0.3) is 0 Å². The molecule has 0 aliphatic carbocycles. The zero-order valence-corrected chi connectivity index (χ0v) is 10.4. The standard InChI is InChI=1S/C14H19NO3/c16-11-12-1-3-14(4-2-12)18-10-9-15-7-5-13(17)6-8-15/h1-4,11,13,17H,5-10H2. The van der Waals surface area contributed by atoms with Crippen molar-refractivity contribution in [2.75, 3.05) is 26.2 Å². The molecule has 0 atom stereocenters. The van der Waals surface area contributed by atoms with E-state index in [-0.39, 0.29) is 6.10 Å². The van der Waals surface area contributed by atoms with Gasteiger partial charge in [-0.05, 0) is 37.1 Å². The number of aliphatic hydroxyl groups is 1. The van der Waals surface area contributed by atoms with E-state index in [1.54, 1.807) is 12.1 Å². The summed E-state index contributed by atoms with van der Waals surface area (Å²) >= 11 is 0. The summed E-state index contributed by atoms with van der Waals surface area (Å²) in [5.74, 6) is 0.789. The molecule has 2 rings (SSSR count). The fourth-order valence-electron chi connectivity index (χ4n) is 2.08. The van der Waals surface area contributed by atoms with Crippen LogP contribution < -0.4 is 4.74 Å². The number of piperidine rings is 1. The van der Waals surface area contributed by atoms with Gasteiger partial charge in [0.05, 0.1) is 6.10 Å². The predicted octanol–water partition coefficient (Wildman–Crippen LogP) is 1.33. The maximum Gasteiger partial charge on any atom is 0.150 e. The SMILES string of the molecule is O=Cc1ccc(OCCN2CCC(O)CC2)cc1. The number of benzene rings is 1. The van der Waals surface area contributed by atoms with Gasteiger partial charge >= 0.3 is 0 Å². The lowest BCUT2D eigenvalue weighted by molar-refractivity contribution is 0.0755. The highest BCUT2D eigenvalue weighted by Gasteiger charge is 2.16. The molecule has 0 radical (unpaired) electrons. The molecule has 98 valence electrons. The molecule has 0 spiro atoms. The minimum atomic E-state index is -0.127. The van der Waals surface area contributed by atoms with Crippen LogP contribution in [-0.2, 0) is 0 Å². The Morgan fingerprint density at radius 1 is 1.28 bits per heavy atom. The summed E-state index contributed by atoms with van der Waals surface area (Å²) in [6.07, 6.45) is 2.41. The van der Waals surface area contributed by atoms with Crippen molar-refractivity contribution in [3.63, 3.8) is 0 Å². The molecule has 4 heteroatoms. The second-order valence-electron chi connectivity index (χ2n) is 4.61. The van der Waals surface area contributed by atoms with Crippen molar-refractivity contribution in [2.24, 2.45) is 0 Å². The maximum absolute atomic E-state index is 10.5. The van der Waals surface area contributed by atoms with E-state index in [1.165, 1.54) is 0 Å². The Morgan fingerprint density at radius 2 is 1.94 bits per heavy atom. The molecule has 0 bridgehead atoms. The largest absolute Gasteiger partial charge is 0.492 e. The minimum absolute atomic E-state index is 0.127. The molecule has 1 fully saturated rings. The highest BCUT2D eigenvalue weighted by Crippen LogP contribution is 2.12. The third-order valence-corrected chi connectivity index (χ3v) is 3.25. The number of ether oxygens (including phenoxy) is 1. The van der Waals surface area contributed by atoms with E-state index in [1.807, 2.05) is 12.1 Å². The molecule has 0 aromatic heterocycles. The van der Waals surface area contributed by atoms with E-state index in [0.29, 0.717) is 12.2 Å². The van der Waals surface area contributed by atoms with Crippen molar-refractivity contribution in [1.82, 2.24) is 4.90 Å². The Kier molecular flexibility index (Phi) is 4.73. The molecule has 1 aliphatic rings. The monoisotopic (exact) mass is 249 g/mol. The van der Waals surface area contributed by atoms with Gasteiger partial charge in [-0.25, -0.2) is 0 Å². The van der Waals surface area contributed by atoms with Crippen molar-refractivity contribution in [1.29, 1.82) is 0 Å². The molecule has 4 nitrogen and oxygen atoms in total. The van der Waals surface area contributed by atoms with Crippen molar-refractivity contribution in [2.45, 2.75) is 18.9 Å². The molecule has 1 heterocycles. The Labute approximate surface area is 107 Å². The number of carbonyl (C=O) groups excluding carboxylic acids is 1. The average Bonchev–Trinajstić information content (AvgIpc) is 2.42. The van der Waals surface area contributed by atoms with Gasteiger partial charge in [0.2, 0.25) is 0 Å². The summed E-state index contributed by atoms with van der Waals surface area (Å²) < 4.78 is 5.61. The molecule has 0 saturated carbocycles. The van der Waals surface area contributed by atoms with E-state index in [0.717, 1.165) is 44.5 Å². The van der Waals surface area contributed by atoms with E-state index in [2.05, 4.69) is 4.90 Å². The average molecular weight is 249 g/mol. The summed E-state index contributed by atoms with van der Waals surface area (Å²) in [5.41, 5.74) is 0.660. The third-order valence-electron chi connectivity index (χ3n) is 3.25. The van der Waals surface area contributed by atoms with Gasteiger partial charge in [0.1, 0.15) is 18.6 Å². The molecule has 1 aromatic rings. The summed E-state index contributed by atoms with van der Waals surface area (Å²) in [6.45, 7) is 3.39. The molecule has 1 aliphatic heterocycles. The molecular weight excluding hydrogens is 230 g/mol. The maximum atomic E-state index is 10.5. The van der Waals surface area contributed by atoms with Crippen LogP contribution in [0.2, 0.25) is 0 Å². The number of likely N-dealkylation sites (tertiary alicyclic amines) is 1. The highest BCUT2D eigenvalue weighted by atomic mass is 16.5. The lowest BCUT2D eigenvalue weighted by Crippen LogP contribution is -2.38. The van der Waals surface area contributed by atoms with Crippen LogP contribution in [0.3, 0.4) is 0 Å². The van der Waals surface area contributed by atoms with Gasteiger partial charge in [0.15, 0.2) is 0 Å². The first-order valence-corrected chi connectivity index (χ1v) is 6.36. The molecule has 0 unspecified atom stereocenters. The van der Waals surface area contributed by atoms with Crippen molar-refractivity contribution in [3.8, 4) is 5.75 Å². The number of aliphatic hydroxyl groups excluding tert-OH is 1. The van der Waals surface area contributed by atoms with Gasteiger partial charge < -0.3 is 9.84 Å². The van der Waals surface area contributed by atoms with Crippen LogP contribution in [0, 0.1) is 0 Å². The van der Waals surface area contributed by atoms with Gasteiger partial charge in [0, 0.05) is 25.2 Å². The van der Waals surface area contributed by atoms with Crippen molar-refractivity contribution in [3.05, 3.63) is 29.8 Å². The molecule has 1 aromatic carbocycles. The zero-order valence-electron chi connectivity index (χ0n) is 10.4. The zero-order chi connectivity index (χ0) is 12.8. The van der Waals surface area contributed by atoms with Gasteiger partial charge in [-0.15, -0.1) is 0 Å². The summed E-state index contributed by atoms with van der Waals surface area (Å²) in [6, 6.07) is 7.12. The van der Waals surface area contributed by atoms with E-state index in [4.69, 9.17) is 4.74 Å². The van der Waals surface area contributed by atoms with Crippen LogP contribution in [0.4, 0.5) is 0 Å². The highest BCUT2D eigenvalue weighted by molar-refractivity contribution is 5.74. The normalized spacial score (nSPS) is 17.6. The lowest BCUT2D eigenvalue weighted by atomic mass is 10.1. The first-order chi connectivity index (χ1) is 8.78. The van der Waals surface area contributed by atoms with Crippen LogP contribution in [0.1, 0.15) is 23.2 Å². The number of aldehydes is 1. The number of hydrogen-bond acceptors (Lipinski definition) is 4. The van der Waals surface area contributed by atoms with Gasteiger partial charge in [0.25, 0.3) is 0 Å². The second kappa shape index (κ2) is 6.52. The van der Waals surface area contributed by atoms with Crippen LogP contribution in [-0.4, -0.2) is 48.6 Å². The van der Waals surface area contributed by atoms with Gasteiger partial charge in [-0.3, -0.25) is 9.69 Å². The lowest BCUT2D eigenvalue weighted by Gasteiger charge is -2.29. The topological polar surface area (TPSA) is 49.8 Å². The van der Waals surface area contributed by atoms with Crippen molar-refractivity contribution >= 4 is 6.29 Å².